The molecule has 1 heterocycles. The van der Waals surface area contributed by atoms with Gasteiger partial charge in [0.25, 0.3) is 5.91 Å². The third-order valence-electron chi connectivity index (χ3n) is 4.90. The number of methoxy groups -OCH3 is 1. The Morgan fingerprint density at radius 2 is 1.69 bits per heavy atom. The predicted octanol–water partition coefficient (Wildman–Crippen LogP) is -1.33. The van der Waals surface area contributed by atoms with Gasteiger partial charge in [0.2, 0.25) is 0 Å². The summed E-state index contributed by atoms with van der Waals surface area (Å²) in [6.07, 6.45) is 0.600. The molecule has 144 valence electrons. The van der Waals surface area contributed by atoms with Gasteiger partial charge in [-0.2, -0.15) is 0 Å². The Bertz CT molecular complexity index is 569. The minimum Gasteiger partial charge on any atom is -0.467 e. The number of hydrogen-bond donors (Lipinski definition) is 3. The van der Waals surface area contributed by atoms with Crippen molar-refractivity contribution < 1.29 is 24.1 Å². The maximum atomic E-state index is 12.3. The molecule has 1 saturated heterocycles. The average molecular weight is 364 g/mol. The predicted molar refractivity (Wildman–Crippen MR) is 99.8 cm³/mol. The smallest absolute Gasteiger partial charge is 0.328 e. The number of ether oxygens (including phenoxy) is 1. The molecule has 1 fully saturated rings. The van der Waals surface area contributed by atoms with E-state index in [0.717, 1.165) is 32.7 Å². The zero-order valence-electron chi connectivity index (χ0n) is 16.2. The molecular weight excluding hydrogens is 330 g/mol. The van der Waals surface area contributed by atoms with Crippen molar-refractivity contribution in [1.82, 2.24) is 5.32 Å². The van der Waals surface area contributed by atoms with Crippen LogP contribution in [0.15, 0.2) is 30.3 Å². The molecule has 1 aromatic carbocycles. The lowest BCUT2D eigenvalue weighted by atomic mass is 10.0. The highest BCUT2D eigenvalue weighted by molar-refractivity contribution is 5.84. The quantitative estimate of drug-likeness (QED) is 0.502. The lowest BCUT2D eigenvalue weighted by Crippen LogP contribution is -3.28. The van der Waals surface area contributed by atoms with Crippen molar-refractivity contribution in [2.75, 3.05) is 39.8 Å². The van der Waals surface area contributed by atoms with Crippen molar-refractivity contribution >= 4 is 11.9 Å². The molecular formula is C20H33N3O3+2. The van der Waals surface area contributed by atoms with E-state index < -0.39 is 6.04 Å². The van der Waals surface area contributed by atoms with Gasteiger partial charge in [0, 0.05) is 5.56 Å². The highest BCUT2D eigenvalue weighted by atomic mass is 16.5. The first-order valence-electron chi connectivity index (χ1n) is 9.56. The third kappa shape index (κ3) is 6.77. The van der Waals surface area contributed by atoms with E-state index in [1.165, 1.54) is 17.6 Å². The highest BCUT2D eigenvalue weighted by Gasteiger charge is 2.27. The Morgan fingerprint density at radius 1 is 1.08 bits per heavy atom. The number of carbonyl (C=O) groups excluding carboxylic acids is 2. The molecule has 0 aliphatic carbocycles. The van der Waals surface area contributed by atoms with E-state index in [9.17, 15) is 9.59 Å². The summed E-state index contributed by atoms with van der Waals surface area (Å²) >= 11 is 0. The monoisotopic (exact) mass is 363 g/mol. The summed E-state index contributed by atoms with van der Waals surface area (Å²) in [5, 5.41) is 2.86. The second kappa shape index (κ2) is 10.3. The fourth-order valence-corrected chi connectivity index (χ4v) is 3.50. The number of amides is 1. The number of hydrogen-bond acceptors (Lipinski definition) is 3. The summed E-state index contributed by atoms with van der Waals surface area (Å²) in [6, 6.07) is 9.99. The molecule has 0 aromatic heterocycles. The summed E-state index contributed by atoms with van der Waals surface area (Å²) in [4.78, 5) is 27.0. The molecule has 1 aliphatic rings. The summed E-state index contributed by atoms with van der Waals surface area (Å²) in [5.41, 5.74) is 1.36. The van der Waals surface area contributed by atoms with E-state index in [2.05, 4.69) is 29.6 Å². The Balaban J connectivity index is 1.75. The van der Waals surface area contributed by atoms with Gasteiger partial charge in [-0.3, -0.25) is 4.79 Å². The fraction of sp³-hybridized carbons (Fsp3) is 0.600. The molecule has 0 saturated carbocycles. The van der Waals surface area contributed by atoms with E-state index in [0.29, 0.717) is 18.9 Å². The Morgan fingerprint density at radius 3 is 2.27 bits per heavy atom. The molecule has 1 aromatic rings. The van der Waals surface area contributed by atoms with Crippen LogP contribution >= 0.6 is 0 Å². The van der Waals surface area contributed by atoms with Crippen LogP contribution in [0.3, 0.4) is 0 Å². The lowest BCUT2D eigenvalue weighted by Gasteiger charge is -2.29. The number of carbonyl (C=O) groups is 2. The molecule has 0 unspecified atom stereocenters. The average Bonchev–Trinajstić information content (AvgIpc) is 2.62. The third-order valence-corrected chi connectivity index (χ3v) is 4.90. The maximum Gasteiger partial charge on any atom is 0.328 e. The first-order chi connectivity index (χ1) is 12.5. The largest absolute Gasteiger partial charge is 0.467 e. The van der Waals surface area contributed by atoms with E-state index >= 15 is 0 Å². The maximum absolute atomic E-state index is 12.3. The van der Waals surface area contributed by atoms with Crippen LogP contribution in [0, 0.1) is 5.92 Å². The van der Waals surface area contributed by atoms with Gasteiger partial charge in [-0.1, -0.05) is 44.2 Å². The van der Waals surface area contributed by atoms with Crippen molar-refractivity contribution in [1.29, 1.82) is 0 Å². The Labute approximate surface area is 156 Å². The fourth-order valence-electron chi connectivity index (χ4n) is 3.50. The van der Waals surface area contributed by atoms with Gasteiger partial charge in [-0.15, -0.1) is 0 Å². The highest BCUT2D eigenvalue weighted by Crippen LogP contribution is 2.05. The molecule has 1 aliphatic heterocycles. The van der Waals surface area contributed by atoms with Crippen LogP contribution in [-0.2, 0) is 20.9 Å². The van der Waals surface area contributed by atoms with Gasteiger partial charge in [0.15, 0.2) is 6.54 Å². The molecule has 0 bridgehead atoms. The van der Waals surface area contributed by atoms with Crippen LogP contribution in [-0.4, -0.2) is 57.8 Å². The van der Waals surface area contributed by atoms with Crippen molar-refractivity contribution in [3.05, 3.63) is 35.9 Å². The molecule has 26 heavy (non-hydrogen) atoms. The molecule has 2 rings (SSSR count). The normalized spacial score (nSPS) is 21.2. The van der Waals surface area contributed by atoms with Crippen molar-refractivity contribution in [3.8, 4) is 0 Å². The minimum absolute atomic E-state index is 0.0671. The molecule has 1 amide bonds. The lowest BCUT2D eigenvalue weighted by molar-refractivity contribution is -1.02. The summed E-state index contributed by atoms with van der Waals surface area (Å²) in [7, 11) is 1.36. The van der Waals surface area contributed by atoms with Crippen molar-refractivity contribution in [2.45, 2.75) is 32.9 Å². The zero-order chi connectivity index (χ0) is 18.9. The molecule has 0 radical (unpaired) electrons. The van der Waals surface area contributed by atoms with Crippen molar-refractivity contribution in [2.24, 2.45) is 5.92 Å². The molecule has 6 nitrogen and oxygen atoms in total. The van der Waals surface area contributed by atoms with Gasteiger partial charge >= 0.3 is 5.97 Å². The van der Waals surface area contributed by atoms with E-state index in [4.69, 9.17) is 4.74 Å². The SMILES string of the molecule is COC(=O)[C@H](CC(C)C)NC(=O)C[NH+]1CC[NH+](Cc2ccccc2)CC1. The van der Waals surface area contributed by atoms with Crippen LogP contribution in [0.4, 0.5) is 0 Å². The molecule has 3 N–H and O–H groups in total. The van der Waals surface area contributed by atoms with E-state index in [-0.39, 0.29) is 11.9 Å². The van der Waals surface area contributed by atoms with Gasteiger partial charge < -0.3 is 19.9 Å². The van der Waals surface area contributed by atoms with E-state index in [1.807, 2.05) is 19.9 Å². The topological polar surface area (TPSA) is 64.3 Å². The van der Waals surface area contributed by atoms with Gasteiger partial charge in [-0.05, 0) is 12.3 Å². The second-order valence-corrected chi connectivity index (χ2v) is 7.61. The summed E-state index contributed by atoms with van der Waals surface area (Å²) in [6.45, 7) is 9.59. The standard InChI is InChI=1S/C20H31N3O3/c1-16(2)13-18(20(25)26-3)21-19(24)15-23-11-9-22(10-12-23)14-17-7-5-4-6-8-17/h4-8,16,18H,9-15H2,1-3H3,(H,21,24)/p+2/t18-/m0/s1. The van der Waals surface area contributed by atoms with Gasteiger partial charge in [0.1, 0.15) is 38.8 Å². The van der Waals surface area contributed by atoms with Crippen LogP contribution in [0.1, 0.15) is 25.8 Å². The zero-order valence-corrected chi connectivity index (χ0v) is 16.2. The number of benzene rings is 1. The Hall–Kier alpha value is -1.92. The number of nitrogens with one attached hydrogen (secondary N) is 3. The molecule has 1 atom stereocenters. The number of rotatable bonds is 8. The summed E-state index contributed by atoms with van der Waals surface area (Å²) in [5.74, 6) is -0.112. The first-order valence-corrected chi connectivity index (χ1v) is 9.56. The van der Waals surface area contributed by atoms with Crippen LogP contribution in [0.25, 0.3) is 0 Å². The van der Waals surface area contributed by atoms with Crippen LogP contribution < -0.4 is 15.1 Å². The number of quaternary nitrogens is 2. The second-order valence-electron chi connectivity index (χ2n) is 7.61. The molecule has 6 heteroatoms. The van der Waals surface area contributed by atoms with E-state index in [1.54, 1.807) is 4.90 Å². The minimum atomic E-state index is -0.545. The van der Waals surface area contributed by atoms with Crippen molar-refractivity contribution in [3.63, 3.8) is 0 Å². The Kier molecular flexibility index (Phi) is 8.06. The number of piperazine rings is 1. The van der Waals surface area contributed by atoms with Crippen LogP contribution in [0.2, 0.25) is 0 Å². The summed E-state index contributed by atoms with van der Waals surface area (Å²) < 4.78 is 4.81. The number of esters is 1. The molecule has 0 spiro atoms. The van der Waals surface area contributed by atoms with Gasteiger partial charge in [0.05, 0.1) is 7.11 Å². The first kappa shape index (κ1) is 20.4. The van der Waals surface area contributed by atoms with Crippen LogP contribution in [0.5, 0.6) is 0 Å². The van der Waals surface area contributed by atoms with Gasteiger partial charge in [-0.25, -0.2) is 4.79 Å².